The average Bonchev–Trinajstić information content (AvgIpc) is 2.66. The Morgan fingerprint density at radius 1 is 1.19 bits per heavy atom. The number of carbonyl (C=O) groups excluding carboxylic acids is 2. The van der Waals surface area contributed by atoms with Gasteiger partial charge in [-0.1, -0.05) is 18.0 Å². The predicted octanol–water partition coefficient (Wildman–Crippen LogP) is 3.02. The number of hydrogen-bond acceptors (Lipinski definition) is 4. The molecular weight excluding hydrogens is 452 g/mol. The van der Waals surface area contributed by atoms with Crippen molar-refractivity contribution in [3.05, 3.63) is 29.0 Å². The monoisotopic (exact) mass is 476 g/mol. The third-order valence-electron chi connectivity index (χ3n) is 6.83. The summed E-state index contributed by atoms with van der Waals surface area (Å²) < 4.78 is 53.0. The van der Waals surface area contributed by atoms with Crippen molar-refractivity contribution in [1.29, 1.82) is 0 Å². The lowest BCUT2D eigenvalue weighted by Gasteiger charge is -2.56. The lowest BCUT2D eigenvalue weighted by Crippen LogP contribution is -2.70. The SMILES string of the molecule is O=C(CN1CC2CC(C1)N2CCNC(=O)C1(C(F)(F)F)CCC1)Nc1ccc(F)c(Cl)c1. The van der Waals surface area contributed by atoms with Gasteiger partial charge in [-0.3, -0.25) is 19.4 Å². The highest BCUT2D eigenvalue weighted by molar-refractivity contribution is 6.31. The predicted molar refractivity (Wildman–Crippen MR) is 111 cm³/mol. The van der Waals surface area contributed by atoms with E-state index in [-0.39, 0.29) is 48.9 Å². The third kappa shape index (κ3) is 4.45. The normalized spacial score (nSPS) is 24.9. The minimum absolute atomic E-state index is 0.0665. The Labute approximate surface area is 188 Å². The number of halogens is 5. The van der Waals surface area contributed by atoms with Crippen LogP contribution >= 0.6 is 11.6 Å². The summed E-state index contributed by atoms with van der Waals surface area (Å²) in [7, 11) is 0. The molecule has 0 aromatic heterocycles. The number of piperidine rings is 1. The standard InChI is InChI=1S/C21H25ClF4N4O2/c22-16-8-13(2-3-17(16)23)28-18(31)12-29-10-14-9-15(11-29)30(14)7-6-27-19(32)20(4-1-5-20)21(24,25)26/h2-3,8,14-15H,1,4-7,9-12H2,(H,27,32)(H,28,31). The molecule has 176 valence electrons. The van der Waals surface area contributed by atoms with Crippen LogP contribution in [0.2, 0.25) is 5.02 Å². The Kier molecular flexibility index (Phi) is 6.39. The van der Waals surface area contributed by atoms with Crippen LogP contribution in [-0.2, 0) is 9.59 Å². The molecule has 2 bridgehead atoms. The summed E-state index contributed by atoms with van der Waals surface area (Å²) in [5, 5.41) is 5.11. The maximum atomic E-state index is 13.2. The van der Waals surface area contributed by atoms with Crippen LogP contribution in [0.3, 0.4) is 0 Å². The Balaban J connectivity index is 1.20. The van der Waals surface area contributed by atoms with E-state index in [1.54, 1.807) is 0 Å². The molecule has 2 unspecified atom stereocenters. The molecule has 1 aliphatic carbocycles. The molecule has 3 heterocycles. The van der Waals surface area contributed by atoms with Crippen LogP contribution < -0.4 is 10.6 Å². The van der Waals surface area contributed by atoms with Gasteiger partial charge in [0.05, 0.1) is 11.6 Å². The van der Waals surface area contributed by atoms with Gasteiger partial charge in [-0.15, -0.1) is 0 Å². The molecule has 5 rings (SSSR count). The number of hydrogen-bond donors (Lipinski definition) is 2. The van der Waals surface area contributed by atoms with Crippen molar-refractivity contribution in [2.75, 3.05) is 38.0 Å². The van der Waals surface area contributed by atoms with E-state index < -0.39 is 23.3 Å². The third-order valence-corrected chi connectivity index (χ3v) is 7.12. The molecule has 6 nitrogen and oxygen atoms in total. The molecule has 2 amide bonds. The number of nitrogens with one attached hydrogen (secondary N) is 2. The second-order valence-electron chi connectivity index (χ2n) is 8.84. The minimum atomic E-state index is -4.51. The lowest BCUT2D eigenvalue weighted by molar-refractivity contribution is -0.243. The van der Waals surface area contributed by atoms with Crippen LogP contribution in [-0.4, -0.2) is 72.6 Å². The first-order valence-corrected chi connectivity index (χ1v) is 11.0. The molecule has 3 saturated heterocycles. The number of rotatable bonds is 7. The van der Waals surface area contributed by atoms with Gasteiger partial charge in [-0.2, -0.15) is 13.2 Å². The highest BCUT2D eigenvalue weighted by Crippen LogP contribution is 2.53. The molecule has 2 atom stereocenters. The molecule has 32 heavy (non-hydrogen) atoms. The molecule has 2 N–H and O–H groups in total. The fraction of sp³-hybridized carbons (Fsp3) is 0.619. The second kappa shape index (κ2) is 8.79. The summed E-state index contributed by atoms with van der Waals surface area (Å²) in [5.41, 5.74) is -1.79. The van der Waals surface area contributed by atoms with Gasteiger partial charge in [0, 0.05) is 44.0 Å². The Morgan fingerprint density at radius 3 is 2.44 bits per heavy atom. The van der Waals surface area contributed by atoms with E-state index in [9.17, 15) is 27.2 Å². The van der Waals surface area contributed by atoms with Crippen molar-refractivity contribution in [1.82, 2.24) is 15.1 Å². The van der Waals surface area contributed by atoms with Gasteiger partial charge in [-0.25, -0.2) is 4.39 Å². The van der Waals surface area contributed by atoms with Crippen LogP contribution in [0.1, 0.15) is 25.7 Å². The zero-order valence-electron chi connectivity index (χ0n) is 17.4. The van der Waals surface area contributed by atoms with Crippen LogP contribution in [0.4, 0.5) is 23.2 Å². The molecule has 4 fully saturated rings. The fourth-order valence-electron chi connectivity index (χ4n) is 4.88. The first kappa shape index (κ1) is 23.3. The number of benzene rings is 1. The van der Waals surface area contributed by atoms with E-state index in [1.165, 1.54) is 18.2 Å². The van der Waals surface area contributed by atoms with Crippen LogP contribution in [0, 0.1) is 11.2 Å². The fourth-order valence-corrected chi connectivity index (χ4v) is 5.06. The van der Waals surface area contributed by atoms with E-state index >= 15 is 0 Å². The number of fused-ring (bicyclic) bond motifs is 2. The Bertz CT molecular complexity index is 881. The van der Waals surface area contributed by atoms with Crippen LogP contribution in [0.5, 0.6) is 0 Å². The molecular formula is C21H25ClF4N4O2. The van der Waals surface area contributed by atoms with Crippen molar-refractivity contribution < 1.29 is 27.2 Å². The Hall–Kier alpha value is -1.91. The number of anilines is 1. The molecule has 0 radical (unpaired) electrons. The van der Waals surface area contributed by atoms with E-state index in [2.05, 4.69) is 15.5 Å². The second-order valence-corrected chi connectivity index (χ2v) is 9.25. The highest BCUT2D eigenvalue weighted by atomic mass is 35.5. The summed E-state index contributed by atoms with van der Waals surface area (Å²) in [6.45, 7) is 2.17. The number of piperazine rings is 1. The van der Waals surface area contributed by atoms with Gasteiger partial charge in [0.15, 0.2) is 0 Å². The summed E-state index contributed by atoms with van der Waals surface area (Å²) in [6.07, 6.45) is -3.41. The molecule has 0 spiro atoms. The van der Waals surface area contributed by atoms with E-state index in [0.29, 0.717) is 31.7 Å². The minimum Gasteiger partial charge on any atom is -0.354 e. The zero-order chi connectivity index (χ0) is 23.1. The summed E-state index contributed by atoms with van der Waals surface area (Å²) in [4.78, 5) is 28.6. The molecule has 1 aromatic rings. The summed E-state index contributed by atoms with van der Waals surface area (Å²) in [6, 6.07) is 4.39. The number of nitrogens with zero attached hydrogens (tertiary/aromatic N) is 2. The topological polar surface area (TPSA) is 64.7 Å². The highest BCUT2D eigenvalue weighted by Gasteiger charge is 2.63. The molecule has 4 aliphatic rings. The first-order chi connectivity index (χ1) is 15.1. The molecule has 1 aromatic carbocycles. The van der Waals surface area contributed by atoms with Gasteiger partial charge in [0.1, 0.15) is 11.2 Å². The van der Waals surface area contributed by atoms with E-state index in [4.69, 9.17) is 11.6 Å². The summed E-state index contributed by atoms with van der Waals surface area (Å²) in [5.74, 6) is -1.70. The zero-order valence-corrected chi connectivity index (χ0v) is 18.1. The van der Waals surface area contributed by atoms with Crippen molar-refractivity contribution in [2.24, 2.45) is 5.41 Å². The van der Waals surface area contributed by atoms with E-state index in [1.807, 2.05) is 4.90 Å². The van der Waals surface area contributed by atoms with Gasteiger partial charge >= 0.3 is 6.18 Å². The van der Waals surface area contributed by atoms with Crippen molar-refractivity contribution >= 4 is 29.1 Å². The lowest BCUT2D eigenvalue weighted by atomic mass is 9.67. The van der Waals surface area contributed by atoms with Crippen molar-refractivity contribution in [2.45, 2.75) is 43.9 Å². The maximum absolute atomic E-state index is 13.2. The van der Waals surface area contributed by atoms with Gasteiger partial charge < -0.3 is 10.6 Å². The first-order valence-electron chi connectivity index (χ1n) is 10.7. The quantitative estimate of drug-likeness (QED) is 0.594. The van der Waals surface area contributed by atoms with E-state index in [0.717, 1.165) is 6.42 Å². The van der Waals surface area contributed by atoms with Gasteiger partial charge in [0.25, 0.3) is 0 Å². The Morgan fingerprint density at radius 2 is 1.88 bits per heavy atom. The number of amides is 2. The molecule has 11 heteroatoms. The number of alkyl halides is 3. The largest absolute Gasteiger partial charge is 0.403 e. The molecule has 3 aliphatic heterocycles. The number of carbonyl (C=O) groups is 2. The van der Waals surface area contributed by atoms with Gasteiger partial charge in [0.2, 0.25) is 11.8 Å². The van der Waals surface area contributed by atoms with Crippen molar-refractivity contribution in [3.63, 3.8) is 0 Å². The van der Waals surface area contributed by atoms with Gasteiger partial charge in [-0.05, 0) is 37.5 Å². The van der Waals surface area contributed by atoms with Crippen LogP contribution in [0.25, 0.3) is 0 Å². The van der Waals surface area contributed by atoms with Crippen LogP contribution in [0.15, 0.2) is 18.2 Å². The summed E-state index contributed by atoms with van der Waals surface area (Å²) >= 11 is 5.73. The molecule has 1 saturated carbocycles. The van der Waals surface area contributed by atoms with Crippen molar-refractivity contribution in [3.8, 4) is 0 Å². The average molecular weight is 477 g/mol. The smallest absolute Gasteiger partial charge is 0.354 e. The maximum Gasteiger partial charge on any atom is 0.403 e.